The van der Waals surface area contributed by atoms with Crippen LogP contribution < -0.4 is 5.32 Å². The zero-order valence-corrected chi connectivity index (χ0v) is 25.6. The molecule has 0 bridgehead atoms. The lowest BCUT2D eigenvalue weighted by Crippen LogP contribution is -2.15. The summed E-state index contributed by atoms with van der Waals surface area (Å²) in [5, 5.41) is 23.4. The van der Waals surface area contributed by atoms with E-state index in [0.717, 1.165) is 30.9 Å². The van der Waals surface area contributed by atoms with Crippen molar-refractivity contribution in [3.63, 3.8) is 0 Å². The van der Waals surface area contributed by atoms with E-state index in [4.69, 9.17) is 23.2 Å². The molecule has 0 saturated heterocycles. The summed E-state index contributed by atoms with van der Waals surface area (Å²) in [7, 11) is 0. The molecule has 6 rings (SSSR count). The number of anilines is 2. The summed E-state index contributed by atoms with van der Waals surface area (Å²) >= 11 is 12.9. The highest BCUT2D eigenvalue weighted by Crippen LogP contribution is 2.39. The average molecular weight is 615 g/mol. The molecule has 5 aromatic rings. The van der Waals surface area contributed by atoms with E-state index in [0.29, 0.717) is 39.3 Å². The third-order valence-corrected chi connectivity index (χ3v) is 8.63. The largest absolute Gasteiger partial charge is 0.354 e. The summed E-state index contributed by atoms with van der Waals surface area (Å²) in [5.74, 6) is -0.597. The maximum Gasteiger partial charge on any atom is 0.141 e. The number of benzene rings is 3. The van der Waals surface area contributed by atoms with Gasteiger partial charge in [-0.3, -0.25) is 9.88 Å². The molecule has 0 amide bonds. The summed E-state index contributed by atoms with van der Waals surface area (Å²) in [6.45, 7) is 9.14. The standard InChI is InChI=1S/C33H30Cl2FN7/c1-4-42-16-21-6-5-7-24(27(21)17-42)25(31-18-43(19(2)3)41-40-31)10-20-11-26-32(39-23-8-9-30(36)28(34)13-23)22(14-37)15-38-33(26)29(35)12-20/h5-9,11-13,15,18-19,25H,4,10,16-17H2,1-3H3,(H,38,39)/t25-/m0/s1. The zero-order chi connectivity index (χ0) is 30.2. The molecule has 7 nitrogen and oxygen atoms in total. The fraction of sp³-hybridized carbons (Fsp3) is 0.273. The molecule has 0 spiro atoms. The number of pyridine rings is 1. The molecule has 0 unspecified atom stereocenters. The van der Waals surface area contributed by atoms with Crippen molar-refractivity contribution in [2.24, 2.45) is 0 Å². The number of hydrogen-bond acceptors (Lipinski definition) is 6. The van der Waals surface area contributed by atoms with Crippen LogP contribution in [0.5, 0.6) is 0 Å². The van der Waals surface area contributed by atoms with Crippen molar-refractivity contribution in [2.75, 3.05) is 11.9 Å². The Labute approximate surface area is 259 Å². The number of rotatable bonds is 8. The highest BCUT2D eigenvalue weighted by Gasteiger charge is 2.28. The first-order chi connectivity index (χ1) is 20.7. The van der Waals surface area contributed by atoms with Gasteiger partial charge in [0.15, 0.2) is 0 Å². The molecule has 1 atom stereocenters. The molecule has 0 fully saturated rings. The monoisotopic (exact) mass is 613 g/mol. The SMILES string of the molecule is CCN1Cc2cccc([C@H](Cc3cc(Cl)c4ncc(C#N)c(Nc5ccc(F)c(Cl)c5)c4c3)c3cn(C(C)C)nn3)c2C1. The van der Waals surface area contributed by atoms with Crippen LogP contribution >= 0.6 is 23.2 Å². The Hall–Kier alpha value is -4.03. The van der Waals surface area contributed by atoms with Crippen molar-refractivity contribution in [3.8, 4) is 6.07 Å². The Balaban J connectivity index is 1.47. The number of halogens is 3. The minimum absolute atomic E-state index is 0.0186. The quantitative estimate of drug-likeness (QED) is 0.190. The summed E-state index contributed by atoms with van der Waals surface area (Å²) < 4.78 is 15.7. The predicted molar refractivity (Wildman–Crippen MR) is 168 cm³/mol. The molecule has 3 heterocycles. The van der Waals surface area contributed by atoms with Crippen LogP contribution in [0.25, 0.3) is 10.9 Å². The lowest BCUT2D eigenvalue weighted by Gasteiger charge is -2.20. The van der Waals surface area contributed by atoms with E-state index >= 15 is 0 Å². The maximum atomic E-state index is 13.9. The van der Waals surface area contributed by atoms with Gasteiger partial charge in [0, 0.05) is 48.5 Å². The van der Waals surface area contributed by atoms with Gasteiger partial charge < -0.3 is 5.32 Å². The van der Waals surface area contributed by atoms with E-state index in [1.807, 2.05) is 23.0 Å². The minimum Gasteiger partial charge on any atom is -0.354 e. The smallest absolute Gasteiger partial charge is 0.141 e. The normalized spacial score (nSPS) is 13.8. The van der Waals surface area contributed by atoms with Crippen molar-refractivity contribution >= 4 is 45.5 Å². The van der Waals surface area contributed by atoms with E-state index in [1.54, 1.807) is 6.07 Å². The van der Waals surface area contributed by atoms with Crippen LogP contribution in [0.2, 0.25) is 10.0 Å². The molecule has 0 radical (unpaired) electrons. The van der Waals surface area contributed by atoms with Gasteiger partial charge in [0.05, 0.1) is 32.5 Å². The van der Waals surface area contributed by atoms with Crippen molar-refractivity contribution in [3.05, 3.63) is 110 Å². The third-order valence-electron chi connectivity index (χ3n) is 8.06. The molecule has 1 N–H and O–H groups in total. The number of nitrogens with zero attached hydrogens (tertiary/aromatic N) is 6. The van der Waals surface area contributed by atoms with Gasteiger partial charge in [-0.15, -0.1) is 5.10 Å². The number of nitrogens with one attached hydrogen (secondary N) is 1. The molecule has 3 aromatic carbocycles. The van der Waals surface area contributed by atoms with Gasteiger partial charge in [0.25, 0.3) is 0 Å². The number of nitriles is 1. The van der Waals surface area contributed by atoms with E-state index in [2.05, 4.69) is 70.6 Å². The second kappa shape index (κ2) is 11.9. The predicted octanol–water partition coefficient (Wildman–Crippen LogP) is 8.18. The Kier molecular flexibility index (Phi) is 8.06. The molecule has 43 heavy (non-hydrogen) atoms. The minimum atomic E-state index is -0.521. The maximum absolute atomic E-state index is 13.9. The Morgan fingerprint density at radius 2 is 1.93 bits per heavy atom. The van der Waals surface area contributed by atoms with Crippen molar-refractivity contribution in [1.82, 2.24) is 24.9 Å². The van der Waals surface area contributed by atoms with Crippen LogP contribution in [0.1, 0.15) is 66.2 Å². The molecule has 10 heteroatoms. The summed E-state index contributed by atoms with van der Waals surface area (Å²) in [6.07, 6.45) is 4.12. The molecular formula is C33H30Cl2FN7. The van der Waals surface area contributed by atoms with E-state index in [-0.39, 0.29) is 17.0 Å². The van der Waals surface area contributed by atoms with Gasteiger partial charge in [0.1, 0.15) is 11.9 Å². The Morgan fingerprint density at radius 3 is 2.65 bits per heavy atom. The highest BCUT2D eigenvalue weighted by molar-refractivity contribution is 6.35. The first-order valence-electron chi connectivity index (χ1n) is 14.2. The third kappa shape index (κ3) is 5.68. The topological polar surface area (TPSA) is 82.7 Å². The summed E-state index contributed by atoms with van der Waals surface area (Å²) in [6, 6.07) is 17.2. The van der Waals surface area contributed by atoms with Gasteiger partial charge in [-0.05, 0) is 79.4 Å². The van der Waals surface area contributed by atoms with Crippen molar-refractivity contribution < 1.29 is 4.39 Å². The van der Waals surface area contributed by atoms with Crippen LogP contribution in [-0.4, -0.2) is 31.4 Å². The zero-order valence-electron chi connectivity index (χ0n) is 24.1. The van der Waals surface area contributed by atoms with Gasteiger partial charge in [-0.25, -0.2) is 9.07 Å². The molecule has 2 aromatic heterocycles. The second-order valence-electron chi connectivity index (χ2n) is 11.1. The van der Waals surface area contributed by atoms with Crippen LogP contribution in [0, 0.1) is 17.1 Å². The molecule has 0 aliphatic carbocycles. The van der Waals surface area contributed by atoms with Crippen LogP contribution in [-0.2, 0) is 19.5 Å². The molecule has 1 aliphatic rings. The van der Waals surface area contributed by atoms with Crippen molar-refractivity contribution in [1.29, 1.82) is 5.26 Å². The molecule has 1 aliphatic heterocycles. The van der Waals surface area contributed by atoms with Crippen LogP contribution in [0.3, 0.4) is 0 Å². The lowest BCUT2D eigenvalue weighted by atomic mass is 9.85. The first kappa shape index (κ1) is 29.1. The van der Waals surface area contributed by atoms with Gasteiger partial charge >= 0.3 is 0 Å². The summed E-state index contributed by atoms with van der Waals surface area (Å²) in [4.78, 5) is 6.93. The first-order valence-corrected chi connectivity index (χ1v) is 15.0. The van der Waals surface area contributed by atoms with E-state index in [1.165, 1.54) is 35.0 Å². The molecule has 0 saturated carbocycles. The second-order valence-corrected chi connectivity index (χ2v) is 12.0. The fourth-order valence-electron chi connectivity index (χ4n) is 5.75. The van der Waals surface area contributed by atoms with Crippen molar-refractivity contribution in [2.45, 2.75) is 52.2 Å². The highest BCUT2D eigenvalue weighted by atomic mass is 35.5. The number of hydrogen-bond donors (Lipinski definition) is 1. The van der Waals surface area contributed by atoms with Gasteiger partial charge in [0.2, 0.25) is 0 Å². The fourth-order valence-corrected chi connectivity index (χ4v) is 6.22. The Bertz CT molecular complexity index is 1880. The number of fused-ring (bicyclic) bond motifs is 2. The van der Waals surface area contributed by atoms with E-state index in [9.17, 15) is 9.65 Å². The van der Waals surface area contributed by atoms with Crippen LogP contribution in [0.15, 0.2) is 60.9 Å². The van der Waals surface area contributed by atoms with Gasteiger partial charge in [-0.2, -0.15) is 5.26 Å². The Morgan fingerprint density at radius 1 is 1.09 bits per heavy atom. The molecule has 218 valence electrons. The van der Waals surface area contributed by atoms with E-state index < -0.39 is 5.82 Å². The van der Waals surface area contributed by atoms with Gasteiger partial charge in [-0.1, -0.05) is 53.5 Å². The molecular weight excluding hydrogens is 584 g/mol. The lowest BCUT2D eigenvalue weighted by molar-refractivity contribution is 0.300. The number of aromatic nitrogens is 4. The average Bonchev–Trinajstić information content (AvgIpc) is 3.66. The summed E-state index contributed by atoms with van der Waals surface area (Å²) in [5.41, 5.74) is 7.70. The van der Waals surface area contributed by atoms with Crippen LogP contribution in [0.4, 0.5) is 15.8 Å².